The number of methoxy groups -OCH3 is 1. The van der Waals surface area contributed by atoms with Crippen LogP contribution in [0.1, 0.15) is 19.8 Å². The molecular weight excluding hydrogens is 426 g/mol. The first-order chi connectivity index (χ1) is 16.7. The third-order valence-corrected chi connectivity index (χ3v) is 6.39. The molecule has 1 aliphatic heterocycles. The summed E-state index contributed by atoms with van der Waals surface area (Å²) < 4.78 is 7.74. The molecule has 2 aromatic heterocycles. The second-order valence-corrected chi connectivity index (χ2v) is 8.46. The number of para-hydroxylation sites is 2. The second-order valence-electron chi connectivity index (χ2n) is 8.46. The van der Waals surface area contributed by atoms with Crippen molar-refractivity contribution in [1.29, 1.82) is 0 Å². The first-order valence-corrected chi connectivity index (χ1v) is 11.8. The van der Waals surface area contributed by atoms with Crippen LogP contribution in [0.3, 0.4) is 0 Å². The maximum Gasteiger partial charge on any atom is 0.222 e. The summed E-state index contributed by atoms with van der Waals surface area (Å²) in [5, 5.41) is 1.01. The Morgan fingerprint density at radius 3 is 2.44 bits per heavy atom. The predicted molar refractivity (Wildman–Crippen MR) is 135 cm³/mol. The van der Waals surface area contributed by atoms with Gasteiger partial charge in [0.05, 0.1) is 18.2 Å². The van der Waals surface area contributed by atoms with Crippen LogP contribution in [0.5, 0.6) is 5.75 Å². The van der Waals surface area contributed by atoms with E-state index in [9.17, 15) is 4.79 Å². The summed E-state index contributed by atoms with van der Waals surface area (Å²) in [4.78, 5) is 26.1. The summed E-state index contributed by atoms with van der Waals surface area (Å²) in [5.41, 5.74) is 3.94. The third kappa shape index (κ3) is 3.98. The molecule has 1 amide bonds. The van der Waals surface area contributed by atoms with Gasteiger partial charge in [0.25, 0.3) is 0 Å². The fourth-order valence-corrected chi connectivity index (χ4v) is 4.67. The fraction of sp³-hybridized carbons (Fsp3) is 0.296. The number of piperazine rings is 1. The lowest BCUT2D eigenvalue weighted by Gasteiger charge is -2.35. The number of anilines is 1. The molecule has 0 unspecified atom stereocenters. The molecule has 3 heterocycles. The van der Waals surface area contributed by atoms with E-state index in [-0.39, 0.29) is 5.91 Å². The quantitative estimate of drug-likeness (QED) is 0.427. The number of ether oxygens (including phenoxy) is 1. The molecule has 0 saturated carbocycles. The Morgan fingerprint density at radius 2 is 1.71 bits per heavy atom. The zero-order valence-corrected chi connectivity index (χ0v) is 19.6. The summed E-state index contributed by atoms with van der Waals surface area (Å²) in [6, 6.07) is 18.3. The zero-order chi connectivity index (χ0) is 23.5. The van der Waals surface area contributed by atoms with E-state index in [0.29, 0.717) is 19.5 Å². The van der Waals surface area contributed by atoms with Crippen LogP contribution in [0.4, 0.5) is 5.82 Å². The molecular formula is C27H29N5O2. The van der Waals surface area contributed by atoms with Gasteiger partial charge in [-0.15, -0.1) is 0 Å². The Labute approximate surface area is 199 Å². The van der Waals surface area contributed by atoms with Crippen LogP contribution in [0, 0.1) is 0 Å². The minimum atomic E-state index is 0.238. The van der Waals surface area contributed by atoms with Crippen LogP contribution in [0.2, 0.25) is 0 Å². The van der Waals surface area contributed by atoms with E-state index in [4.69, 9.17) is 14.7 Å². The first-order valence-electron chi connectivity index (χ1n) is 11.8. The highest BCUT2D eigenvalue weighted by atomic mass is 16.5. The van der Waals surface area contributed by atoms with Crippen molar-refractivity contribution < 1.29 is 9.53 Å². The molecule has 0 N–H and O–H groups in total. The molecule has 0 bridgehead atoms. The molecule has 0 atom stereocenters. The maximum absolute atomic E-state index is 12.4. The van der Waals surface area contributed by atoms with Gasteiger partial charge < -0.3 is 14.5 Å². The van der Waals surface area contributed by atoms with Crippen molar-refractivity contribution in [2.45, 2.75) is 19.8 Å². The van der Waals surface area contributed by atoms with Gasteiger partial charge in [0, 0.05) is 44.4 Å². The minimum Gasteiger partial charge on any atom is -0.495 e. The number of hydrogen-bond donors (Lipinski definition) is 0. The van der Waals surface area contributed by atoms with Crippen molar-refractivity contribution in [2.24, 2.45) is 0 Å². The fourth-order valence-electron chi connectivity index (χ4n) is 4.67. The Morgan fingerprint density at radius 1 is 0.971 bits per heavy atom. The number of aromatic nitrogens is 3. The van der Waals surface area contributed by atoms with Crippen LogP contribution in [0.15, 0.2) is 67.1 Å². The smallest absolute Gasteiger partial charge is 0.222 e. The number of carbonyl (C=O) groups is 1. The molecule has 0 spiro atoms. The third-order valence-electron chi connectivity index (χ3n) is 6.39. The lowest BCUT2D eigenvalue weighted by molar-refractivity contribution is -0.131. The van der Waals surface area contributed by atoms with Crippen LogP contribution >= 0.6 is 0 Å². The summed E-state index contributed by atoms with van der Waals surface area (Å²) in [6.07, 6.45) is 5.24. The maximum atomic E-state index is 12.4. The average Bonchev–Trinajstić information content (AvgIpc) is 3.29. The van der Waals surface area contributed by atoms with Gasteiger partial charge in [-0.05, 0) is 24.1 Å². The van der Waals surface area contributed by atoms with Gasteiger partial charge in [0.1, 0.15) is 17.9 Å². The highest BCUT2D eigenvalue weighted by Crippen LogP contribution is 2.38. The average molecular weight is 456 g/mol. The van der Waals surface area contributed by atoms with Crippen LogP contribution < -0.4 is 9.64 Å². The van der Waals surface area contributed by atoms with Crippen molar-refractivity contribution >= 4 is 22.8 Å². The van der Waals surface area contributed by atoms with Gasteiger partial charge in [-0.2, -0.15) is 0 Å². The van der Waals surface area contributed by atoms with Crippen LogP contribution in [-0.2, 0) is 4.79 Å². The summed E-state index contributed by atoms with van der Waals surface area (Å²) in [7, 11) is 1.68. The predicted octanol–water partition coefficient (Wildman–Crippen LogP) is 4.54. The molecule has 1 fully saturated rings. The molecule has 0 radical (unpaired) electrons. The summed E-state index contributed by atoms with van der Waals surface area (Å²) in [6.45, 7) is 4.95. The van der Waals surface area contributed by atoms with Gasteiger partial charge in [0.15, 0.2) is 5.65 Å². The number of fused-ring (bicyclic) bond motifs is 1. The number of carbonyl (C=O) groups excluding carboxylic acids is 1. The van der Waals surface area contributed by atoms with Crippen molar-refractivity contribution in [2.75, 3.05) is 38.2 Å². The lowest BCUT2D eigenvalue weighted by atomic mass is 10.1. The number of hydrogen-bond acceptors (Lipinski definition) is 5. The molecule has 7 heteroatoms. The highest BCUT2D eigenvalue weighted by molar-refractivity contribution is 6.02. The Kier molecular flexibility index (Phi) is 6.16. The number of amides is 1. The van der Waals surface area contributed by atoms with E-state index in [2.05, 4.69) is 27.8 Å². The number of nitrogens with zero attached hydrogens (tertiary/aromatic N) is 5. The Hall–Kier alpha value is -3.87. The molecule has 1 saturated heterocycles. The van der Waals surface area contributed by atoms with Crippen molar-refractivity contribution in [3.63, 3.8) is 0 Å². The molecule has 1 aliphatic rings. The van der Waals surface area contributed by atoms with Crippen molar-refractivity contribution in [3.8, 4) is 22.6 Å². The zero-order valence-electron chi connectivity index (χ0n) is 19.6. The molecule has 5 rings (SSSR count). The minimum absolute atomic E-state index is 0.238. The summed E-state index contributed by atoms with van der Waals surface area (Å²) >= 11 is 0. The summed E-state index contributed by atoms with van der Waals surface area (Å²) in [5.74, 6) is 1.92. The highest BCUT2D eigenvalue weighted by Gasteiger charge is 2.26. The van der Waals surface area contributed by atoms with Crippen LogP contribution in [-0.4, -0.2) is 58.6 Å². The van der Waals surface area contributed by atoms with Crippen LogP contribution in [0.25, 0.3) is 27.8 Å². The molecule has 34 heavy (non-hydrogen) atoms. The molecule has 4 aromatic rings. The van der Waals surface area contributed by atoms with Gasteiger partial charge in [0.2, 0.25) is 5.91 Å². The normalized spacial score (nSPS) is 13.9. The number of rotatable bonds is 6. The lowest BCUT2D eigenvalue weighted by Crippen LogP contribution is -2.49. The number of benzene rings is 2. The van der Waals surface area contributed by atoms with E-state index in [0.717, 1.165) is 58.9 Å². The largest absolute Gasteiger partial charge is 0.495 e. The Bertz CT molecular complexity index is 1290. The standard InChI is InChI=1S/C27H29N5O2/c1-3-9-24(33)30-14-16-31(17-15-30)26-25-21(20-10-5-4-6-11-20)18-32(27(25)29-19-28-26)22-12-7-8-13-23(22)34-2/h4-8,10-13,18-19H,3,9,14-17H2,1-2H3. The molecule has 174 valence electrons. The van der Waals surface area contributed by atoms with Crippen molar-refractivity contribution in [3.05, 3.63) is 67.1 Å². The Balaban J connectivity index is 1.62. The van der Waals surface area contributed by atoms with Gasteiger partial charge >= 0.3 is 0 Å². The topological polar surface area (TPSA) is 63.5 Å². The van der Waals surface area contributed by atoms with E-state index in [1.165, 1.54) is 0 Å². The first kappa shape index (κ1) is 21.9. The molecule has 2 aromatic carbocycles. The van der Waals surface area contributed by atoms with Gasteiger partial charge in [-0.3, -0.25) is 9.36 Å². The van der Waals surface area contributed by atoms with E-state index in [1.54, 1.807) is 13.4 Å². The van der Waals surface area contributed by atoms with E-state index >= 15 is 0 Å². The second kappa shape index (κ2) is 9.55. The monoisotopic (exact) mass is 455 g/mol. The van der Waals surface area contributed by atoms with Gasteiger partial charge in [-0.25, -0.2) is 9.97 Å². The van der Waals surface area contributed by atoms with Crippen molar-refractivity contribution in [1.82, 2.24) is 19.4 Å². The van der Waals surface area contributed by atoms with E-state index in [1.807, 2.05) is 54.3 Å². The SMILES string of the molecule is CCCC(=O)N1CCN(c2ncnc3c2c(-c2ccccc2)cn3-c2ccccc2OC)CC1. The van der Waals surface area contributed by atoms with E-state index < -0.39 is 0 Å². The molecule has 7 nitrogen and oxygen atoms in total. The van der Waals surface area contributed by atoms with Gasteiger partial charge in [-0.1, -0.05) is 49.4 Å². The molecule has 0 aliphatic carbocycles.